The van der Waals surface area contributed by atoms with Gasteiger partial charge in [-0.2, -0.15) is 0 Å². The summed E-state index contributed by atoms with van der Waals surface area (Å²) in [5, 5.41) is 16.1. The summed E-state index contributed by atoms with van der Waals surface area (Å²) in [6, 6.07) is 6.99. The normalized spacial score (nSPS) is 15.6. The van der Waals surface area contributed by atoms with E-state index in [1.165, 1.54) is 35.5 Å². The molecule has 1 aromatic carbocycles. The van der Waals surface area contributed by atoms with E-state index in [9.17, 15) is 9.59 Å². The van der Waals surface area contributed by atoms with Crippen LogP contribution < -0.4 is 10.6 Å². The average molecular weight is 467 g/mol. The Morgan fingerprint density at radius 3 is 2.69 bits per heavy atom. The molecule has 4 aromatic rings. The summed E-state index contributed by atoms with van der Waals surface area (Å²) in [7, 11) is 0. The monoisotopic (exact) mass is 466 g/mol. The number of nitrogens with zero attached hydrogens (tertiary/aromatic N) is 4. The van der Waals surface area contributed by atoms with Crippen LogP contribution in [-0.2, 0) is 22.4 Å². The van der Waals surface area contributed by atoms with Crippen LogP contribution in [0.25, 0.3) is 15.9 Å². The minimum atomic E-state index is -0.144. The van der Waals surface area contributed by atoms with E-state index in [1.54, 1.807) is 41.9 Å². The molecule has 0 unspecified atom stereocenters. The van der Waals surface area contributed by atoms with E-state index in [2.05, 4.69) is 32.7 Å². The lowest BCUT2D eigenvalue weighted by atomic mass is 9.89. The van der Waals surface area contributed by atoms with Gasteiger partial charge in [0.15, 0.2) is 10.8 Å². The number of benzene rings is 1. The van der Waals surface area contributed by atoms with Gasteiger partial charge in [0.25, 0.3) is 0 Å². The predicted molar refractivity (Wildman–Crippen MR) is 127 cm³/mol. The van der Waals surface area contributed by atoms with Gasteiger partial charge in [0.2, 0.25) is 11.8 Å². The topological polar surface area (TPSA) is 101 Å². The van der Waals surface area contributed by atoms with Crippen LogP contribution in [0.4, 0.5) is 11.4 Å². The van der Waals surface area contributed by atoms with Crippen molar-refractivity contribution in [2.24, 2.45) is 5.92 Å². The second kappa shape index (κ2) is 8.51. The van der Waals surface area contributed by atoms with E-state index in [4.69, 9.17) is 0 Å². The van der Waals surface area contributed by atoms with E-state index in [0.717, 1.165) is 28.7 Å². The first-order valence-electron chi connectivity index (χ1n) is 10.4. The van der Waals surface area contributed by atoms with Gasteiger partial charge in [-0.25, -0.2) is 4.98 Å². The van der Waals surface area contributed by atoms with E-state index < -0.39 is 0 Å². The zero-order valence-electron chi connectivity index (χ0n) is 17.7. The molecule has 5 rings (SSSR count). The summed E-state index contributed by atoms with van der Waals surface area (Å²) in [6.07, 6.45) is 5.09. The molecule has 0 radical (unpaired) electrons. The lowest BCUT2D eigenvalue weighted by Crippen LogP contribution is -2.14. The molecule has 3 aromatic heterocycles. The van der Waals surface area contributed by atoms with Gasteiger partial charge in [-0.3, -0.25) is 14.0 Å². The summed E-state index contributed by atoms with van der Waals surface area (Å²) < 4.78 is 1.88. The van der Waals surface area contributed by atoms with Crippen molar-refractivity contribution in [2.75, 3.05) is 16.4 Å². The van der Waals surface area contributed by atoms with Gasteiger partial charge < -0.3 is 10.6 Å². The molecule has 3 heterocycles. The minimum absolute atomic E-state index is 0.136. The van der Waals surface area contributed by atoms with Crippen molar-refractivity contribution in [3.05, 3.63) is 41.0 Å². The average Bonchev–Trinajstić information content (AvgIpc) is 3.33. The zero-order valence-corrected chi connectivity index (χ0v) is 19.3. The summed E-state index contributed by atoms with van der Waals surface area (Å²) in [6.45, 7) is 3.75. The first-order valence-corrected chi connectivity index (χ1v) is 12.2. The van der Waals surface area contributed by atoms with E-state index in [-0.39, 0.29) is 17.6 Å². The molecule has 8 nitrogen and oxygen atoms in total. The number of anilines is 2. The number of thioether (sulfide) groups is 1. The molecular weight excluding hydrogens is 444 g/mol. The largest absolute Gasteiger partial charge is 0.326 e. The van der Waals surface area contributed by atoms with Gasteiger partial charge in [-0.05, 0) is 55.0 Å². The van der Waals surface area contributed by atoms with Crippen LogP contribution in [-0.4, -0.2) is 37.1 Å². The number of thiophene rings is 1. The van der Waals surface area contributed by atoms with Gasteiger partial charge >= 0.3 is 0 Å². The number of fused-ring (bicyclic) bond motifs is 5. The maximum absolute atomic E-state index is 12.4. The Morgan fingerprint density at radius 2 is 1.94 bits per heavy atom. The van der Waals surface area contributed by atoms with Gasteiger partial charge in [0.1, 0.15) is 11.2 Å². The van der Waals surface area contributed by atoms with Crippen LogP contribution in [0.2, 0.25) is 0 Å². The van der Waals surface area contributed by atoms with Crippen molar-refractivity contribution in [1.29, 1.82) is 0 Å². The first kappa shape index (κ1) is 20.9. The maximum atomic E-state index is 12.4. The quantitative estimate of drug-likeness (QED) is 0.429. The molecule has 0 bridgehead atoms. The zero-order chi connectivity index (χ0) is 22.2. The molecule has 0 fully saturated rings. The van der Waals surface area contributed by atoms with Gasteiger partial charge in [-0.15, -0.1) is 21.5 Å². The summed E-state index contributed by atoms with van der Waals surface area (Å²) in [5.74, 6) is 0.625. The van der Waals surface area contributed by atoms with Gasteiger partial charge in [0.05, 0.1) is 11.1 Å². The highest BCUT2D eigenvalue weighted by Gasteiger charge is 2.24. The molecule has 10 heteroatoms. The van der Waals surface area contributed by atoms with E-state index in [1.807, 2.05) is 4.40 Å². The highest BCUT2D eigenvalue weighted by Crippen LogP contribution is 2.39. The van der Waals surface area contributed by atoms with Crippen molar-refractivity contribution >= 4 is 62.2 Å². The molecular formula is C22H22N6O2S2. The first-order chi connectivity index (χ1) is 15.5. The molecule has 0 saturated carbocycles. The SMILES string of the molecule is CC(=O)Nc1ccc(NC(=O)CSc2nnc3c4c5c(sc4ncn23)C[C@H](C)CC5)cc1. The third kappa shape index (κ3) is 4.07. The highest BCUT2D eigenvalue weighted by atomic mass is 32.2. The Hall–Kier alpha value is -2.98. The lowest BCUT2D eigenvalue weighted by molar-refractivity contribution is -0.114. The second-order valence-corrected chi connectivity index (χ2v) is 10.1. The molecule has 0 spiro atoms. The predicted octanol–water partition coefficient (Wildman–Crippen LogP) is 4.15. The minimum Gasteiger partial charge on any atom is -0.326 e. The summed E-state index contributed by atoms with van der Waals surface area (Å²) in [5.41, 5.74) is 3.53. The molecule has 2 N–H and O–H groups in total. The third-order valence-corrected chi connectivity index (χ3v) is 7.60. The van der Waals surface area contributed by atoms with E-state index in [0.29, 0.717) is 22.4 Å². The Labute approximate surface area is 192 Å². The standard InChI is InChI=1S/C22H22N6O2S2/c1-12-3-8-16-17(9-12)32-21-19(16)20-26-27-22(28(20)11-23-21)31-10-18(30)25-15-6-4-14(5-7-15)24-13(2)29/h4-7,11-12H,3,8-10H2,1-2H3,(H,24,29)(H,25,30)/t12-/m1/s1. The van der Waals surface area contributed by atoms with Crippen molar-refractivity contribution in [1.82, 2.24) is 19.6 Å². The van der Waals surface area contributed by atoms with Crippen LogP contribution in [0.1, 0.15) is 30.7 Å². The number of hydrogen-bond acceptors (Lipinski definition) is 7. The lowest BCUT2D eigenvalue weighted by Gasteiger charge is -2.17. The van der Waals surface area contributed by atoms with Crippen LogP contribution in [0.3, 0.4) is 0 Å². The number of carbonyl (C=O) groups is 2. The second-order valence-electron chi connectivity index (χ2n) is 8.05. The Bertz CT molecular complexity index is 1330. The van der Waals surface area contributed by atoms with Crippen molar-refractivity contribution < 1.29 is 9.59 Å². The molecule has 0 aliphatic heterocycles. The molecule has 1 aliphatic carbocycles. The summed E-state index contributed by atoms with van der Waals surface area (Å²) >= 11 is 3.09. The molecule has 0 saturated heterocycles. The molecule has 32 heavy (non-hydrogen) atoms. The van der Waals surface area contributed by atoms with Crippen molar-refractivity contribution in [3.63, 3.8) is 0 Å². The van der Waals surface area contributed by atoms with Crippen LogP contribution in [0.5, 0.6) is 0 Å². The van der Waals surface area contributed by atoms with Gasteiger partial charge in [-0.1, -0.05) is 18.7 Å². The maximum Gasteiger partial charge on any atom is 0.234 e. The van der Waals surface area contributed by atoms with Crippen LogP contribution in [0, 0.1) is 5.92 Å². The molecule has 164 valence electrons. The third-order valence-electron chi connectivity index (χ3n) is 5.49. The molecule has 1 aliphatic rings. The Kier molecular flexibility index (Phi) is 5.56. The number of rotatable bonds is 5. The number of hydrogen-bond donors (Lipinski definition) is 2. The van der Waals surface area contributed by atoms with Crippen LogP contribution in [0.15, 0.2) is 35.7 Å². The number of nitrogens with one attached hydrogen (secondary N) is 2. The fourth-order valence-corrected chi connectivity index (χ4v) is 6.03. The van der Waals surface area contributed by atoms with Gasteiger partial charge in [0, 0.05) is 23.2 Å². The highest BCUT2D eigenvalue weighted by molar-refractivity contribution is 7.99. The van der Waals surface area contributed by atoms with Crippen LogP contribution >= 0.6 is 23.1 Å². The Balaban J connectivity index is 1.30. The smallest absolute Gasteiger partial charge is 0.234 e. The number of aromatic nitrogens is 4. The van der Waals surface area contributed by atoms with E-state index >= 15 is 0 Å². The fraction of sp³-hybridized carbons (Fsp3) is 0.318. The molecule has 2 amide bonds. The van der Waals surface area contributed by atoms with Crippen molar-refractivity contribution in [3.8, 4) is 0 Å². The summed E-state index contributed by atoms with van der Waals surface area (Å²) in [4.78, 5) is 30.6. The number of amides is 2. The Morgan fingerprint density at radius 1 is 1.19 bits per heavy atom. The number of carbonyl (C=O) groups excluding carboxylic acids is 2. The fourth-order valence-electron chi connectivity index (χ4n) is 3.99. The van der Waals surface area contributed by atoms with Crippen molar-refractivity contribution in [2.45, 2.75) is 38.3 Å². The number of aryl methyl sites for hydroxylation is 1. The molecule has 1 atom stereocenters.